The van der Waals surface area contributed by atoms with Gasteiger partial charge in [-0.15, -0.1) is 0 Å². The normalized spacial score (nSPS) is 13.6. The average molecular weight is 446 g/mol. The number of thioether (sulfide) groups is 1. The Labute approximate surface area is 175 Å². The number of hydrogen-bond acceptors (Lipinski definition) is 2. The van der Waals surface area contributed by atoms with E-state index in [1.807, 2.05) is 6.26 Å². The quantitative estimate of drug-likeness (QED) is 0.381. The molecular formula is C19H16Cl2F3N3S. The van der Waals surface area contributed by atoms with E-state index in [1.54, 1.807) is 24.3 Å². The second-order valence-corrected chi connectivity index (χ2v) is 7.26. The van der Waals surface area contributed by atoms with Crippen molar-refractivity contribution in [2.45, 2.75) is 12.1 Å². The summed E-state index contributed by atoms with van der Waals surface area (Å²) in [6.45, 7) is 0. The summed E-state index contributed by atoms with van der Waals surface area (Å²) < 4.78 is 40.5. The highest BCUT2D eigenvalue weighted by atomic mass is 35.5. The van der Waals surface area contributed by atoms with E-state index in [9.17, 15) is 13.2 Å². The lowest BCUT2D eigenvalue weighted by atomic mass is 9.97. The summed E-state index contributed by atoms with van der Waals surface area (Å²) in [4.78, 5) is 3.84. The Morgan fingerprint density at radius 1 is 1.14 bits per heavy atom. The van der Waals surface area contributed by atoms with Crippen LogP contribution in [0.2, 0.25) is 10.0 Å². The Kier molecular flexibility index (Phi) is 7.98. The number of amidine groups is 1. The maximum Gasteiger partial charge on any atom is 0.399 e. The zero-order valence-corrected chi connectivity index (χ0v) is 16.9. The molecule has 1 unspecified atom stereocenters. The second kappa shape index (κ2) is 10.0. The van der Waals surface area contributed by atoms with Crippen LogP contribution in [-0.4, -0.2) is 23.9 Å². The van der Waals surface area contributed by atoms with Crippen LogP contribution in [-0.2, 0) is 0 Å². The van der Waals surface area contributed by atoms with Crippen molar-refractivity contribution in [3.8, 4) is 0 Å². The number of benzene rings is 2. The van der Waals surface area contributed by atoms with Crippen molar-refractivity contribution < 1.29 is 13.2 Å². The number of alkyl halides is 3. The van der Waals surface area contributed by atoms with Gasteiger partial charge in [-0.25, -0.2) is 4.99 Å². The van der Waals surface area contributed by atoms with Gasteiger partial charge in [0, 0.05) is 15.7 Å². The molecule has 2 N–H and O–H groups in total. The number of rotatable bonds is 5. The van der Waals surface area contributed by atoms with Crippen LogP contribution in [0.25, 0.3) is 6.08 Å². The van der Waals surface area contributed by atoms with Crippen molar-refractivity contribution in [2.24, 2.45) is 4.99 Å². The van der Waals surface area contributed by atoms with Gasteiger partial charge in [0.25, 0.3) is 0 Å². The molecule has 28 heavy (non-hydrogen) atoms. The van der Waals surface area contributed by atoms with E-state index >= 15 is 0 Å². The monoisotopic (exact) mass is 445 g/mol. The molecular weight excluding hydrogens is 430 g/mol. The molecule has 2 rings (SSSR count). The molecule has 1 atom stereocenters. The smallest absolute Gasteiger partial charge is 0.335 e. The van der Waals surface area contributed by atoms with Gasteiger partial charge >= 0.3 is 6.18 Å². The van der Waals surface area contributed by atoms with E-state index in [0.29, 0.717) is 16.4 Å². The Bertz CT molecular complexity index is 861. The highest BCUT2D eigenvalue weighted by molar-refractivity contribution is 8.13. The topological polar surface area (TPSA) is 48.2 Å². The summed E-state index contributed by atoms with van der Waals surface area (Å²) in [7, 11) is 0. The summed E-state index contributed by atoms with van der Waals surface area (Å²) in [6, 6.07) is 10.7. The van der Waals surface area contributed by atoms with Crippen LogP contribution in [0.3, 0.4) is 0 Å². The molecule has 0 spiro atoms. The van der Waals surface area contributed by atoms with Crippen LogP contribution < -0.4 is 5.32 Å². The first-order valence-electron chi connectivity index (χ1n) is 7.91. The molecule has 0 radical (unpaired) electrons. The third kappa shape index (κ3) is 6.58. The van der Waals surface area contributed by atoms with E-state index in [2.05, 4.69) is 10.3 Å². The SMILES string of the molecule is CS/C(=N/C=N)Nc1ccc(/C=C/C(c2cc(Cl)cc(Cl)c2)C(F)(F)F)cc1. The number of halogens is 5. The van der Waals surface area contributed by atoms with E-state index < -0.39 is 12.1 Å². The summed E-state index contributed by atoms with van der Waals surface area (Å²) in [5.74, 6) is -1.83. The Hall–Kier alpha value is -1.96. The summed E-state index contributed by atoms with van der Waals surface area (Å²) in [5.41, 5.74) is 1.29. The predicted octanol–water partition coefficient (Wildman–Crippen LogP) is 7.09. The van der Waals surface area contributed by atoms with Crippen molar-refractivity contribution in [2.75, 3.05) is 11.6 Å². The number of nitrogens with one attached hydrogen (secondary N) is 2. The Morgan fingerprint density at radius 3 is 2.25 bits per heavy atom. The van der Waals surface area contributed by atoms with Crippen LogP contribution in [0.15, 0.2) is 53.5 Å². The molecule has 0 aliphatic carbocycles. The minimum Gasteiger partial charge on any atom is -0.335 e. The highest BCUT2D eigenvalue weighted by Gasteiger charge is 2.39. The fraction of sp³-hybridized carbons (Fsp3) is 0.158. The third-order valence-corrected chi connectivity index (χ3v) is 4.65. The maximum absolute atomic E-state index is 13.5. The van der Waals surface area contributed by atoms with Gasteiger partial charge in [-0.3, -0.25) is 5.41 Å². The van der Waals surface area contributed by atoms with Gasteiger partial charge in [-0.2, -0.15) is 13.2 Å². The predicted molar refractivity (Wildman–Crippen MR) is 114 cm³/mol. The molecule has 0 aliphatic rings. The standard InChI is InChI=1S/C19H16Cl2F3N3S/c1-28-18(26-11-25)27-16-5-2-12(3-6-16)4-7-17(19(22,23)24)13-8-14(20)10-15(21)9-13/h2-11,17H,1H3,(H2,25,26,27)/b7-4+. The van der Waals surface area contributed by atoms with Gasteiger partial charge in [0.2, 0.25) is 0 Å². The van der Waals surface area contributed by atoms with Crippen molar-refractivity contribution >= 4 is 58.2 Å². The third-order valence-electron chi connectivity index (χ3n) is 3.61. The minimum absolute atomic E-state index is 0.0213. The van der Waals surface area contributed by atoms with Gasteiger partial charge in [-0.05, 0) is 47.7 Å². The highest BCUT2D eigenvalue weighted by Crippen LogP contribution is 2.38. The first-order valence-corrected chi connectivity index (χ1v) is 9.89. The largest absolute Gasteiger partial charge is 0.399 e. The summed E-state index contributed by atoms with van der Waals surface area (Å²) in [6.07, 6.45) is 0.732. The van der Waals surface area contributed by atoms with E-state index in [-0.39, 0.29) is 15.6 Å². The lowest BCUT2D eigenvalue weighted by Gasteiger charge is -2.18. The lowest BCUT2D eigenvalue weighted by molar-refractivity contribution is -0.139. The van der Waals surface area contributed by atoms with E-state index in [4.69, 9.17) is 28.6 Å². The molecule has 0 fully saturated rings. The molecule has 0 amide bonds. The molecule has 0 aromatic heterocycles. The van der Waals surface area contributed by atoms with Crippen molar-refractivity contribution in [1.29, 1.82) is 5.41 Å². The zero-order valence-electron chi connectivity index (χ0n) is 14.6. The second-order valence-electron chi connectivity index (χ2n) is 5.60. The van der Waals surface area contributed by atoms with Crippen molar-refractivity contribution in [1.82, 2.24) is 0 Å². The lowest BCUT2D eigenvalue weighted by Crippen LogP contribution is -2.18. The average Bonchev–Trinajstić information content (AvgIpc) is 2.61. The van der Waals surface area contributed by atoms with Crippen LogP contribution >= 0.6 is 35.0 Å². The summed E-state index contributed by atoms with van der Waals surface area (Å²) >= 11 is 13.0. The molecule has 3 nitrogen and oxygen atoms in total. The first-order chi connectivity index (χ1) is 13.2. The maximum atomic E-state index is 13.5. The number of hydrogen-bond donors (Lipinski definition) is 2. The fourth-order valence-electron chi connectivity index (χ4n) is 2.37. The van der Waals surface area contributed by atoms with Gasteiger partial charge in [-0.1, -0.05) is 59.2 Å². The van der Waals surface area contributed by atoms with Crippen LogP contribution in [0, 0.1) is 5.41 Å². The molecule has 2 aromatic carbocycles. The number of allylic oxidation sites excluding steroid dienone is 1. The molecule has 2 aromatic rings. The first kappa shape index (κ1) is 22.3. The van der Waals surface area contributed by atoms with E-state index in [1.165, 1.54) is 36.0 Å². The molecule has 0 aliphatic heterocycles. The zero-order chi connectivity index (χ0) is 20.7. The molecule has 148 valence electrons. The number of anilines is 1. The van der Waals surface area contributed by atoms with Gasteiger partial charge in [0.1, 0.15) is 6.34 Å². The molecule has 0 saturated heterocycles. The summed E-state index contributed by atoms with van der Waals surface area (Å²) in [5, 5.41) is 10.8. The van der Waals surface area contributed by atoms with Crippen molar-refractivity contribution in [3.63, 3.8) is 0 Å². The van der Waals surface area contributed by atoms with Crippen molar-refractivity contribution in [3.05, 3.63) is 69.7 Å². The number of aliphatic imine (C=N–C) groups is 1. The van der Waals surface area contributed by atoms with Gasteiger partial charge in [0.15, 0.2) is 5.17 Å². The Balaban J connectivity index is 2.23. The molecule has 9 heteroatoms. The van der Waals surface area contributed by atoms with Gasteiger partial charge in [0.05, 0.1) is 5.92 Å². The molecule has 0 heterocycles. The van der Waals surface area contributed by atoms with Crippen LogP contribution in [0.5, 0.6) is 0 Å². The Morgan fingerprint density at radius 2 is 1.75 bits per heavy atom. The van der Waals surface area contributed by atoms with Crippen LogP contribution in [0.1, 0.15) is 17.0 Å². The minimum atomic E-state index is -4.48. The van der Waals surface area contributed by atoms with Gasteiger partial charge < -0.3 is 5.32 Å². The van der Waals surface area contributed by atoms with E-state index in [0.717, 1.165) is 12.4 Å². The molecule has 0 bridgehead atoms. The fourth-order valence-corrected chi connectivity index (χ4v) is 3.29. The number of nitrogens with zero attached hydrogens (tertiary/aromatic N) is 1. The molecule has 0 saturated carbocycles. The van der Waals surface area contributed by atoms with Crippen LogP contribution in [0.4, 0.5) is 18.9 Å².